The van der Waals surface area contributed by atoms with E-state index in [1.54, 1.807) is 36.4 Å². The van der Waals surface area contributed by atoms with Crippen LogP contribution in [0.15, 0.2) is 53.7 Å². The van der Waals surface area contributed by atoms with Crippen LogP contribution in [0.5, 0.6) is 0 Å². The minimum absolute atomic E-state index is 0.142. The van der Waals surface area contributed by atoms with Gasteiger partial charge in [0.05, 0.1) is 12.3 Å². The molecule has 9 heteroatoms. The Bertz CT molecular complexity index is 915. The third-order valence-electron chi connectivity index (χ3n) is 3.68. The second-order valence-corrected chi connectivity index (χ2v) is 7.04. The van der Waals surface area contributed by atoms with Gasteiger partial charge in [-0.25, -0.2) is 4.39 Å². The van der Waals surface area contributed by atoms with Crippen LogP contribution in [0.3, 0.4) is 0 Å². The number of benzene rings is 2. The average molecular weight is 406 g/mol. The number of carbonyl (C=O) groups excluding carboxylic acids is 1. The van der Waals surface area contributed by atoms with Crippen molar-refractivity contribution in [1.29, 1.82) is 0 Å². The molecule has 3 aromatic rings. The van der Waals surface area contributed by atoms with Crippen LogP contribution in [0.2, 0.25) is 5.02 Å². The van der Waals surface area contributed by atoms with Gasteiger partial charge < -0.3 is 15.2 Å². The van der Waals surface area contributed by atoms with Gasteiger partial charge in [0, 0.05) is 23.4 Å². The van der Waals surface area contributed by atoms with Gasteiger partial charge in [-0.2, -0.15) is 0 Å². The molecule has 0 fully saturated rings. The molecule has 0 aliphatic heterocycles. The number of hydrogen-bond donors (Lipinski definition) is 2. The minimum Gasteiger partial charge on any atom is -0.378 e. The molecule has 0 radical (unpaired) electrons. The van der Waals surface area contributed by atoms with Crippen molar-refractivity contribution in [3.8, 4) is 0 Å². The molecule has 0 saturated carbocycles. The summed E-state index contributed by atoms with van der Waals surface area (Å²) in [5.41, 5.74) is 1.48. The van der Waals surface area contributed by atoms with E-state index in [0.717, 1.165) is 5.69 Å². The number of nitrogens with zero attached hydrogens (tertiary/aromatic N) is 3. The summed E-state index contributed by atoms with van der Waals surface area (Å²) in [4.78, 5) is 12.1. The Morgan fingerprint density at radius 1 is 1.11 bits per heavy atom. The van der Waals surface area contributed by atoms with Crippen molar-refractivity contribution < 1.29 is 9.18 Å². The van der Waals surface area contributed by atoms with Crippen LogP contribution in [0.25, 0.3) is 0 Å². The normalized spacial score (nSPS) is 10.6. The lowest BCUT2D eigenvalue weighted by Gasteiger charge is -2.07. The molecule has 0 unspecified atom stereocenters. The van der Waals surface area contributed by atoms with E-state index >= 15 is 0 Å². The molecule has 1 aromatic heterocycles. The van der Waals surface area contributed by atoms with Crippen LogP contribution in [0.1, 0.15) is 5.82 Å². The van der Waals surface area contributed by atoms with Gasteiger partial charge in [0.15, 0.2) is 11.0 Å². The maximum Gasteiger partial charge on any atom is 0.234 e. The van der Waals surface area contributed by atoms with E-state index < -0.39 is 0 Å². The van der Waals surface area contributed by atoms with Gasteiger partial charge in [0.1, 0.15) is 5.82 Å². The van der Waals surface area contributed by atoms with Gasteiger partial charge in [-0.1, -0.05) is 23.4 Å². The van der Waals surface area contributed by atoms with E-state index in [1.807, 2.05) is 11.6 Å². The van der Waals surface area contributed by atoms with Crippen LogP contribution >= 0.6 is 23.4 Å². The lowest BCUT2D eigenvalue weighted by molar-refractivity contribution is -0.113. The molecule has 27 heavy (non-hydrogen) atoms. The van der Waals surface area contributed by atoms with Gasteiger partial charge in [-0.15, -0.1) is 10.2 Å². The fourth-order valence-electron chi connectivity index (χ4n) is 2.23. The highest BCUT2D eigenvalue weighted by Crippen LogP contribution is 2.18. The van der Waals surface area contributed by atoms with Gasteiger partial charge in [-0.05, 0) is 48.5 Å². The number of thioether (sulfide) groups is 1. The number of halogens is 2. The van der Waals surface area contributed by atoms with Crippen molar-refractivity contribution in [2.45, 2.75) is 11.7 Å². The lowest BCUT2D eigenvalue weighted by atomic mass is 10.3. The van der Waals surface area contributed by atoms with E-state index in [1.165, 1.54) is 23.9 Å². The smallest absolute Gasteiger partial charge is 0.234 e. The number of rotatable bonds is 7. The third kappa shape index (κ3) is 5.45. The summed E-state index contributed by atoms with van der Waals surface area (Å²) in [7, 11) is 1.83. The first-order chi connectivity index (χ1) is 13.0. The summed E-state index contributed by atoms with van der Waals surface area (Å²) >= 11 is 7.12. The lowest BCUT2D eigenvalue weighted by Crippen LogP contribution is -2.14. The zero-order valence-corrected chi connectivity index (χ0v) is 16.0. The first-order valence-corrected chi connectivity index (χ1v) is 9.43. The molecule has 0 aliphatic carbocycles. The fourth-order valence-corrected chi connectivity index (χ4v) is 3.09. The second kappa shape index (κ2) is 8.88. The van der Waals surface area contributed by atoms with Crippen LogP contribution in [0, 0.1) is 5.82 Å². The first kappa shape index (κ1) is 19.2. The van der Waals surface area contributed by atoms with Crippen LogP contribution in [0.4, 0.5) is 15.8 Å². The van der Waals surface area contributed by atoms with Gasteiger partial charge >= 0.3 is 0 Å². The largest absolute Gasteiger partial charge is 0.378 e. The maximum absolute atomic E-state index is 12.9. The molecule has 0 atom stereocenters. The molecule has 140 valence electrons. The van der Waals surface area contributed by atoms with Crippen molar-refractivity contribution in [2.24, 2.45) is 7.05 Å². The molecule has 2 aromatic carbocycles. The number of anilines is 2. The molecule has 6 nitrogen and oxygen atoms in total. The monoisotopic (exact) mass is 405 g/mol. The van der Waals surface area contributed by atoms with E-state index in [4.69, 9.17) is 11.6 Å². The Morgan fingerprint density at radius 2 is 1.78 bits per heavy atom. The van der Waals surface area contributed by atoms with Gasteiger partial charge in [0.25, 0.3) is 0 Å². The highest BCUT2D eigenvalue weighted by atomic mass is 35.5. The summed E-state index contributed by atoms with van der Waals surface area (Å²) in [5.74, 6) is 0.492. The van der Waals surface area contributed by atoms with E-state index in [9.17, 15) is 9.18 Å². The van der Waals surface area contributed by atoms with E-state index in [-0.39, 0.29) is 17.5 Å². The van der Waals surface area contributed by atoms with Crippen molar-refractivity contribution in [3.05, 3.63) is 65.2 Å². The standard InChI is InChI=1S/C18H17ClFN5OS/c1-25-16(10-21-14-8-4-13(20)5-9-14)23-24-18(25)27-11-17(26)22-15-6-2-12(19)3-7-15/h2-9,21H,10-11H2,1H3,(H,22,26). The Kier molecular flexibility index (Phi) is 6.31. The van der Waals surface area contributed by atoms with Crippen LogP contribution in [-0.4, -0.2) is 26.4 Å². The Labute approximate surface area is 165 Å². The predicted molar refractivity (Wildman–Crippen MR) is 106 cm³/mol. The molecule has 1 amide bonds. The van der Waals surface area contributed by atoms with Crippen LogP contribution in [-0.2, 0) is 18.4 Å². The zero-order valence-electron chi connectivity index (χ0n) is 14.4. The predicted octanol–water partition coefficient (Wildman–Crippen LogP) is 3.95. The Morgan fingerprint density at radius 3 is 2.48 bits per heavy atom. The quantitative estimate of drug-likeness (QED) is 0.582. The van der Waals surface area contributed by atoms with E-state index in [2.05, 4.69) is 20.8 Å². The first-order valence-electron chi connectivity index (χ1n) is 8.07. The molecule has 3 rings (SSSR count). The number of carbonyl (C=O) groups is 1. The van der Waals surface area contributed by atoms with Crippen molar-refractivity contribution in [2.75, 3.05) is 16.4 Å². The number of aromatic nitrogens is 3. The summed E-state index contributed by atoms with van der Waals surface area (Å²) in [6.07, 6.45) is 0. The average Bonchev–Trinajstić information content (AvgIpc) is 3.01. The van der Waals surface area contributed by atoms with E-state index in [0.29, 0.717) is 28.2 Å². The van der Waals surface area contributed by atoms with Crippen molar-refractivity contribution >= 4 is 40.6 Å². The third-order valence-corrected chi connectivity index (χ3v) is 4.95. The zero-order chi connectivity index (χ0) is 19.2. The topological polar surface area (TPSA) is 71.8 Å². The van der Waals surface area contributed by atoms with Gasteiger partial charge in [0.2, 0.25) is 5.91 Å². The molecule has 0 saturated heterocycles. The van der Waals surface area contributed by atoms with Crippen LogP contribution < -0.4 is 10.6 Å². The molecule has 1 heterocycles. The number of hydrogen-bond acceptors (Lipinski definition) is 5. The molecular formula is C18H17ClFN5OS. The summed E-state index contributed by atoms with van der Waals surface area (Å²) in [5, 5.41) is 15.4. The maximum atomic E-state index is 12.9. The molecule has 2 N–H and O–H groups in total. The minimum atomic E-state index is -0.283. The fraction of sp³-hybridized carbons (Fsp3) is 0.167. The van der Waals surface area contributed by atoms with Crippen molar-refractivity contribution in [3.63, 3.8) is 0 Å². The molecule has 0 aliphatic rings. The molecule has 0 spiro atoms. The summed E-state index contributed by atoms with van der Waals surface area (Å²) < 4.78 is 14.7. The summed E-state index contributed by atoms with van der Waals surface area (Å²) in [6, 6.07) is 13.0. The van der Waals surface area contributed by atoms with Crippen molar-refractivity contribution in [1.82, 2.24) is 14.8 Å². The highest BCUT2D eigenvalue weighted by Gasteiger charge is 2.11. The molecule has 0 bridgehead atoms. The number of amides is 1. The van der Waals surface area contributed by atoms with Gasteiger partial charge in [-0.3, -0.25) is 4.79 Å². The Hall–Kier alpha value is -2.58. The highest BCUT2D eigenvalue weighted by molar-refractivity contribution is 7.99. The summed E-state index contributed by atoms with van der Waals surface area (Å²) in [6.45, 7) is 0.437. The SMILES string of the molecule is Cn1c(CNc2ccc(F)cc2)nnc1SCC(=O)Nc1ccc(Cl)cc1. The second-order valence-electron chi connectivity index (χ2n) is 5.66. The number of nitrogens with one attached hydrogen (secondary N) is 2. The molecular weight excluding hydrogens is 389 g/mol. The Balaban J connectivity index is 1.51.